The third kappa shape index (κ3) is 2.90. The van der Waals surface area contributed by atoms with Gasteiger partial charge in [-0.1, -0.05) is 6.42 Å². The van der Waals surface area contributed by atoms with Gasteiger partial charge in [0.05, 0.1) is 5.69 Å². The Hall–Kier alpha value is -1.56. The number of aryl methyl sites for hydroxylation is 1. The minimum absolute atomic E-state index is 0.0146. The third-order valence-electron chi connectivity index (χ3n) is 4.67. The average molecular weight is 291 g/mol. The Morgan fingerprint density at radius 2 is 2.10 bits per heavy atom. The molecule has 0 saturated carbocycles. The van der Waals surface area contributed by atoms with Gasteiger partial charge < -0.3 is 10.6 Å². The second-order valence-electron chi connectivity index (χ2n) is 6.08. The van der Waals surface area contributed by atoms with Crippen molar-refractivity contribution in [1.82, 2.24) is 19.6 Å². The van der Waals surface area contributed by atoms with Crippen molar-refractivity contribution in [3.8, 4) is 0 Å². The number of nitrogen functional groups attached to an aromatic ring is 1. The summed E-state index contributed by atoms with van der Waals surface area (Å²) in [6.07, 6.45) is 6.74. The molecule has 0 aliphatic carbocycles. The molecule has 0 aromatic carbocycles. The molecule has 2 saturated heterocycles. The van der Waals surface area contributed by atoms with Crippen molar-refractivity contribution in [3.05, 3.63) is 11.9 Å². The van der Waals surface area contributed by atoms with Crippen LogP contribution >= 0.6 is 0 Å². The summed E-state index contributed by atoms with van der Waals surface area (Å²) in [5, 5.41) is 4.30. The van der Waals surface area contributed by atoms with Crippen LogP contribution in [-0.4, -0.2) is 57.7 Å². The van der Waals surface area contributed by atoms with E-state index in [-0.39, 0.29) is 5.91 Å². The molecule has 0 spiro atoms. The standard InChI is InChI=1S/C15H25N5O/c1-2-20-11-13(16)14(17-20)15(21)19-9-6-12(10-19)18-7-4-3-5-8-18/h11-12H,2-10,16H2,1H3. The maximum absolute atomic E-state index is 12.6. The number of carbonyl (C=O) groups excluding carboxylic acids is 1. The highest BCUT2D eigenvalue weighted by Crippen LogP contribution is 2.22. The second kappa shape index (κ2) is 6.05. The number of rotatable bonds is 3. The molecule has 2 fully saturated rings. The number of hydrogen-bond acceptors (Lipinski definition) is 4. The van der Waals surface area contributed by atoms with Gasteiger partial charge in [0.2, 0.25) is 0 Å². The van der Waals surface area contributed by atoms with Crippen molar-refractivity contribution < 1.29 is 4.79 Å². The van der Waals surface area contributed by atoms with E-state index in [1.54, 1.807) is 10.9 Å². The quantitative estimate of drug-likeness (QED) is 0.908. The van der Waals surface area contributed by atoms with Gasteiger partial charge in [0.1, 0.15) is 0 Å². The van der Waals surface area contributed by atoms with Crippen molar-refractivity contribution in [3.63, 3.8) is 0 Å². The number of anilines is 1. The lowest BCUT2D eigenvalue weighted by molar-refractivity contribution is 0.0766. The predicted molar refractivity (Wildman–Crippen MR) is 82.0 cm³/mol. The molecule has 2 N–H and O–H groups in total. The molecule has 3 heterocycles. The lowest BCUT2D eigenvalue weighted by atomic mass is 10.1. The van der Waals surface area contributed by atoms with Crippen LogP contribution in [0.25, 0.3) is 0 Å². The van der Waals surface area contributed by atoms with Crippen LogP contribution in [0.2, 0.25) is 0 Å². The van der Waals surface area contributed by atoms with Gasteiger partial charge in [0.15, 0.2) is 5.69 Å². The van der Waals surface area contributed by atoms with E-state index in [1.165, 1.54) is 32.4 Å². The lowest BCUT2D eigenvalue weighted by Crippen LogP contribution is -2.41. The number of likely N-dealkylation sites (tertiary alicyclic amines) is 2. The van der Waals surface area contributed by atoms with Gasteiger partial charge in [0, 0.05) is 31.9 Å². The van der Waals surface area contributed by atoms with Crippen LogP contribution in [0.15, 0.2) is 6.20 Å². The predicted octanol–water partition coefficient (Wildman–Crippen LogP) is 1.19. The van der Waals surface area contributed by atoms with Gasteiger partial charge in [0.25, 0.3) is 5.91 Å². The van der Waals surface area contributed by atoms with Crippen LogP contribution in [0.4, 0.5) is 5.69 Å². The van der Waals surface area contributed by atoms with Crippen molar-refractivity contribution >= 4 is 11.6 Å². The summed E-state index contributed by atoms with van der Waals surface area (Å²) >= 11 is 0. The van der Waals surface area contributed by atoms with Crippen LogP contribution in [0.1, 0.15) is 43.1 Å². The molecule has 0 bridgehead atoms. The third-order valence-corrected chi connectivity index (χ3v) is 4.67. The minimum atomic E-state index is -0.0146. The van der Waals surface area contributed by atoms with Gasteiger partial charge in [-0.25, -0.2) is 0 Å². The molecule has 1 aromatic rings. The maximum atomic E-state index is 12.6. The molecule has 21 heavy (non-hydrogen) atoms. The zero-order valence-corrected chi connectivity index (χ0v) is 12.8. The van der Waals surface area contributed by atoms with Crippen LogP contribution in [0.5, 0.6) is 0 Å². The summed E-state index contributed by atoms with van der Waals surface area (Å²) in [6.45, 7) is 6.71. The largest absolute Gasteiger partial charge is 0.396 e. The van der Waals surface area contributed by atoms with Crippen molar-refractivity contribution in [2.45, 2.75) is 45.2 Å². The van der Waals surface area contributed by atoms with Gasteiger partial charge in [-0.05, 0) is 39.3 Å². The maximum Gasteiger partial charge on any atom is 0.276 e. The zero-order valence-electron chi connectivity index (χ0n) is 12.8. The molecule has 2 aliphatic heterocycles. The highest BCUT2D eigenvalue weighted by Gasteiger charge is 2.32. The fourth-order valence-electron chi connectivity index (χ4n) is 3.42. The summed E-state index contributed by atoms with van der Waals surface area (Å²) in [7, 11) is 0. The summed E-state index contributed by atoms with van der Waals surface area (Å²) in [5.41, 5.74) is 6.82. The topological polar surface area (TPSA) is 67.4 Å². The molecule has 1 unspecified atom stereocenters. The van der Waals surface area contributed by atoms with Gasteiger partial charge in [-0.2, -0.15) is 5.10 Å². The number of nitrogens with zero attached hydrogens (tertiary/aromatic N) is 4. The Bertz CT molecular complexity index is 506. The van der Waals surface area contributed by atoms with E-state index < -0.39 is 0 Å². The van der Waals surface area contributed by atoms with E-state index in [2.05, 4.69) is 10.00 Å². The molecule has 1 amide bonds. The first-order chi connectivity index (χ1) is 10.2. The van der Waals surface area contributed by atoms with E-state index in [0.717, 1.165) is 26.1 Å². The van der Waals surface area contributed by atoms with E-state index in [0.29, 0.717) is 17.4 Å². The van der Waals surface area contributed by atoms with Gasteiger partial charge >= 0.3 is 0 Å². The van der Waals surface area contributed by atoms with Crippen molar-refractivity contribution in [2.24, 2.45) is 0 Å². The zero-order chi connectivity index (χ0) is 14.8. The molecular weight excluding hydrogens is 266 g/mol. The van der Waals surface area contributed by atoms with Crippen LogP contribution in [0.3, 0.4) is 0 Å². The fourth-order valence-corrected chi connectivity index (χ4v) is 3.42. The lowest BCUT2D eigenvalue weighted by Gasteiger charge is -2.32. The Morgan fingerprint density at radius 3 is 2.76 bits per heavy atom. The van der Waals surface area contributed by atoms with Crippen molar-refractivity contribution in [2.75, 3.05) is 31.9 Å². The minimum Gasteiger partial charge on any atom is -0.396 e. The monoisotopic (exact) mass is 291 g/mol. The molecular formula is C15H25N5O. The van der Waals surface area contributed by atoms with Gasteiger partial charge in [-0.3, -0.25) is 14.4 Å². The van der Waals surface area contributed by atoms with E-state index >= 15 is 0 Å². The number of piperidine rings is 1. The molecule has 2 aliphatic rings. The first kappa shape index (κ1) is 14.4. The number of carbonyl (C=O) groups is 1. The first-order valence-electron chi connectivity index (χ1n) is 8.05. The van der Waals surface area contributed by atoms with E-state index in [4.69, 9.17) is 5.73 Å². The Morgan fingerprint density at radius 1 is 1.33 bits per heavy atom. The van der Waals surface area contributed by atoms with E-state index in [1.807, 2.05) is 11.8 Å². The average Bonchev–Trinajstić information content (AvgIpc) is 3.14. The number of nitrogens with two attached hydrogens (primary N) is 1. The van der Waals surface area contributed by atoms with E-state index in [9.17, 15) is 4.79 Å². The smallest absolute Gasteiger partial charge is 0.276 e. The van der Waals surface area contributed by atoms with Crippen molar-refractivity contribution in [1.29, 1.82) is 0 Å². The number of hydrogen-bond donors (Lipinski definition) is 1. The Kier molecular flexibility index (Phi) is 4.14. The summed E-state index contributed by atoms with van der Waals surface area (Å²) in [6, 6.07) is 0.517. The van der Waals surface area contributed by atoms with Gasteiger partial charge in [-0.15, -0.1) is 0 Å². The van der Waals surface area contributed by atoms with Crippen LogP contribution in [0, 0.1) is 0 Å². The Labute approximate surface area is 125 Å². The summed E-state index contributed by atoms with van der Waals surface area (Å²) in [5.74, 6) is -0.0146. The molecule has 1 atom stereocenters. The SMILES string of the molecule is CCn1cc(N)c(C(=O)N2CCC(N3CCCCC3)C2)n1. The molecule has 3 rings (SSSR count). The van der Waals surface area contributed by atoms with Crippen LogP contribution < -0.4 is 5.73 Å². The molecule has 1 aromatic heterocycles. The molecule has 6 nitrogen and oxygen atoms in total. The number of aromatic nitrogens is 2. The summed E-state index contributed by atoms with van der Waals surface area (Å²) < 4.78 is 1.72. The number of amides is 1. The molecule has 0 radical (unpaired) electrons. The fraction of sp³-hybridized carbons (Fsp3) is 0.733. The first-order valence-corrected chi connectivity index (χ1v) is 8.05. The van der Waals surface area contributed by atoms with Crippen LogP contribution in [-0.2, 0) is 6.54 Å². The molecule has 6 heteroatoms. The summed E-state index contributed by atoms with van der Waals surface area (Å²) in [4.78, 5) is 17.0. The highest BCUT2D eigenvalue weighted by atomic mass is 16.2. The highest BCUT2D eigenvalue weighted by molar-refractivity contribution is 5.97. The second-order valence-corrected chi connectivity index (χ2v) is 6.08. The normalized spacial score (nSPS) is 23.7. The Balaban J connectivity index is 1.64. The molecule has 116 valence electrons.